The van der Waals surface area contributed by atoms with Crippen molar-refractivity contribution in [2.75, 3.05) is 7.05 Å². The number of thioether (sulfide) groups is 1. The van der Waals surface area contributed by atoms with Gasteiger partial charge in [0.1, 0.15) is 5.76 Å². The lowest BCUT2D eigenvalue weighted by molar-refractivity contribution is 0.548. The number of aromatic nitrogens is 1. The van der Waals surface area contributed by atoms with E-state index >= 15 is 0 Å². The van der Waals surface area contributed by atoms with Crippen molar-refractivity contribution < 1.29 is 4.42 Å². The molecule has 0 aliphatic carbocycles. The van der Waals surface area contributed by atoms with Gasteiger partial charge in [-0.3, -0.25) is 4.99 Å². The number of nitrogens with zero attached hydrogens (tertiary/aromatic N) is 2. The van der Waals surface area contributed by atoms with Crippen molar-refractivity contribution in [2.24, 2.45) is 10.7 Å². The first-order valence-corrected chi connectivity index (χ1v) is 6.92. The van der Waals surface area contributed by atoms with Gasteiger partial charge >= 0.3 is 0 Å². The molecular formula is C11H13N3OS2. The number of nitrogens with two attached hydrogens (primary N) is 1. The monoisotopic (exact) mass is 267 g/mol. The second kappa shape index (κ2) is 5.37. The number of aryl methyl sites for hydroxylation is 1. The topological polar surface area (TPSA) is 64.4 Å². The van der Waals surface area contributed by atoms with Crippen molar-refractivity contribution in [2.45, 2.75) is 12.7 Å². The van der Waals surface area contributed by atoms with E-state index in [1.165, 1.54) is 11.8 Å². The van der Waals surface area contributed by atoms with E-state index in [0.717, 1.165) is 28.0 Å². The highest BCUT2D eigenvalue weighted by Gasteiger charge is 2.08. The Morgan fingerprint density at radius 2 is 2.41 bits per heavy atom. The molecule has 0 fully saturated rings. The molecule has 90 valence electrons. The van der Waals surface area contributed by atoms with E-state index in [-0.39, 0.29) is 0 Å². The van der Waals surface area contributed by atoms with E-state index in [2.05, 4.69) is 9.98 Å². The zero-order valence-electron chi connectivity index (χ0n) is 9.64. The van der Waals surface area contributed by atoms with Gasteiger partial charge in [-0.1, -0.05) is 11.8 Å². The Balaban J connectivity index is 2.06. The highest BCUT2D eigenvalue weighted by Crippen LogP contribution is 2.26. The Kier molecular flexibility index (Phi) is 3.86. The molecule has 2 heterocycles. The van der Waals surface area contributed by atoms with Crippen LogP contribution in [0.4, 0.5) is 0 Å². The average molecular weight is 267 g/mol. The molecule has 0 saturated heterocycles. The smallest absolute Gasteiger partial charge is 0.162 e. The SMILES string of the molecule is CN=C(N)SCc1csc(-c2ccc(C)o2)n1. The third-order valence-corrected chi connectivity index (χ3v) is 3.92. The van der Waals surface area contributed by atoms with E-state index in [9.17, 15) is 0 Å². The van der Waals surface area contributed by atoms with Gasteiger partial charge in [-0.25, -0.2) is 4.98 Å². The van der Waals surface area contributed by atoms with Crippen LogP contribution in [0.2, 0.25) is 0 Å². The fourth-order valence-electron chi connectivity index (χ4n) is 1.25. The number of furan rings is 1. The standard InChI is InChI=1S/C11H13N3OS2/c1-7-3-4-9(15-7)10-14-8(5-16-10)6-17-11(12)13-2/h3-5H,6H2,1-2H3,(H2,12,13). The number of hydrogen-bond acceptors (Lipinski definition) is 5. The summed E-state index contributed by atoms with van der Waals surface area (Å²) in [4.78, 5) is 8.38. The molecule has 0 aromatic carbocycles. The highest BCUT2D eigenvalue weighted by molar-refractivity contribution is 8.13. The summed E-state index contributed by atoms with van der Waals surface area (Å²) in [6, 6.07) is 3.87. The maximum atomic E-state index is 5.61. The van der Waals surface area contributed by atoms with Crippen LogP contribution in [0.5, 0.6) is 0 Å². The van der Waals surface area contributed by atoms with Gasteiger partial charge in [0, 0.05) is 18.2 Å². The van der Waals surface area contributed by atoms with Crippen LogP contribution >= 0.6 is 23.1 Å². The van der Waals surface area contributed by atoms with Crippen LogP contribution < -0.4 is 5.73 Å². The van der Waals surface area contributed by atoms with Crippen LogP contribution in [-0.2, 0) is 5.75 Å². The van der Waals surface area contributed by atoms with E-state index < -0.39 is 0 Å². The summed E-state index contributed by atoms with van der Waals surface area (Å²) in [5.74, 6) is 2.45. The molecule has 0 bridgehead atoms. The van der Waals surface area contributed by atoms with Gasteiger partial charge in [-0.2, -0.15) is 0 Å². The normalized spacial score (nSPS) is 12.0. The molecular weight excluding hydrogens is 254 g/mol. The summed E-state index contributed by atoms with van der Waals surface area (Å²) in [6.07, 6.45) is 0. The Morgan fingerprint density at radius 1 is 1.59 bits per heavy atom. The molecule has 17 heavy (non-hydrogen) atoms. The summed E-state index contributed by atoms with van der Waals surface area (Å²) in [7, 11) is 1.68. The molecule has 0 atom stereocenters. The molecule has 0 saturated carbocycles. The Bertz CT molecular complexity index is 530. The van der Waals surface area contributed by atoms with Gasteiger partial charge in [0.25, 0.3) is 0 Å². The zero-order valence-corrected chi connectivity index (χ0v) is 11.3. The van der Waals surface area contributed by atoms with E-state index in [4.69, 9.17) is 10.2 Å². The molecule has 2 aromatic heterocycles. The summed E-state index contributed by atoms with van der Waals surface area (Å²) < 4.78 is 5.52. The van der Waals surface area contributed by atoms with Gasteiger partial charge in [-0.05, 0) is 19.1 Å². The minimum atomic E-state index is 0.577. The third kappa shape index (κ3) is 3.10. The molecule has 0 radical (unpaired) electrons. The average Bonchev–Trinajstić information content (AvgIpc) is 2.94. The summed E-state index contributed by atoms with van der Waals surface area (Å²) in [5, 5.41) is 3.50. The van der Waals surface area contributed by atoms with E-state index in [0.29, 0.717) is 5.17 Å². The van der Waals surface area contributed by atoms with Crippen molar-refractivity contribution in [3.63, 3.8) is 0 Å². The van der Waals surface area contributed by atoms with Crippen molar-refractivity contribution in [3.8, 4) is 10.8 Å². The first-order chi connectivity index (χ1) is 8.19. The Labute approximate surface area is 108 Å². The number of rotatable bonds is 3. The lowest BCUT2D eigenvalue weighted by atomic mass is 10.4. The second-order valence-corrected chi connectivity index (χ2v) is 5.26. The number of aliphatic imine (C=N–C) groups is 1. The molecule has 0 aliphatic rings. The molecule has 4 nitrogen and oxygen atoms in total. The van der Waals surface area contributed by atoms with Crippen molar-refractivity contribution in [1.82, 2.24) is 4.98 Å². The fraction of sp³-hybridized carbons (Fsp3) is 0.273. The Hall–Kier alpha value is -1.27. The maximum Gasteiger partial charge on any atom is 0.162 e. The summed E-state index contributed by atoms with van der Waals surface area (Å²) in [5.41, 5.74) is 6.61. The molecule has 2 N–H and O–H groups in total. The van der Waals surface area contributed by atoms with Gasteiger partial charge in [0.05, 0.1) is 5.69 Å². The fourth-order valence-corrected chi connectivity index (χ4v) is 2.71. The summed E-state index contributed by atoms with van der Waals surface area (Å²) >= 11 is 3.06. The van der Waals surface area contributed by atoms with Crippen molar-refractivity contribution >= 4 is 28.3 Å². The molecule has 2 aromatic rings. The van der Waals surface area contributed by atoms with E-state index in [1.54, 1.807) is 18.4 Å². The molecule has 0 unspecified atom stereocenters. The molecule has 0 amide bonds. The quantitative estimate of drug-likeness (QED) is 0.686. The molecule has 2 rings (SSSR count). The van der Waals surface area contributed by atoms with Crippen LogP contribution in [-0.4, -0.2) is 17.2 Å². The first-order valence-electron chi connectivity index (χ1n) is 5.05. The molecule has 0 spiro atoms. The van der Waals surface area contributed by atoms with Crippen LogP contribution in [0.15, 0.2) is 26.9 Å². The lowest BCUT2D eigenvalue weighted by Gasteiger charge is -1.95. The predicted octanol–water partition coefficient (Wildman–Crippen LogP) is 2.89. The van der Waals surface area contributed by atoms with Crippen LogP contribution in [0.25, 0.3) is 10.8 Å². The van der Waals surface area contributed by atoms with Gasteiger partial charge < -0.3 is 10.2 Å². The van der Waals surface area contributed by atoms with Gasteiger partial charge in [0.2, 0.25) is 0 Å². The van der Waals surface area contributed by atoms with E-state index in [1.807, 2.05) is 24.4 Å². The molecule has 6 heteroatoms. The van der Waals surface area contributed by atoms with Crippen molar-refractivity contribution in [3.05, 3.63) is 29.0 Å². The number of amidine groups is 1. The first kappa shape index (κ1) is 12.2. The Morgan fingerprint density at radius 3 is 3.06 bits per heavy atom. The number of hydrogen-bond donors (Lipinski definition) is 1. The van der Waals surface area contributed by atoms with Crippen LogP contribution in [0.3, 0.4) is 0 Å². The number of thiazole rings is 1. The lowest BCUT2D eigenvalue weighted by Crippen LogP contribution is -2.06. The maximum absolute atomic E-state index is 5.61. The predicted molar refractivity (Wildman–Crippen MR) is 73.4 cm³/mol. The van der Waals surface area contributed by atoms with Crippen LogP contribution in [0, 0.1) is 6.92 Å². The minimum absolute atomic E-state index is 0.577. The zero-order chi connectivity index (χ0) is 12.3. The van der Waals surface area contributed by atoms with Crippen molar-refractivity contribution in [1.29, 1.82) is 0 Å². The minimum Gasteiger partial charge on any atom is -0.459 e. The second-order valence-electron chi connectivity index (χ2n) is 3.40. The largest absolute Gasteiger partial charge is 0.459 e. The van der Waals surface area contributed by atoms with Gasteiger partial charge in [0.15, 0.2) is 15.9 Å². The van der Waals surface area contributed by atoms with Gasteiger partial charge in [-0.15, -0.1) is 11.3 Å². The highest BCUT2D eigenvalue weighted by atomic mass is 32.2. The van der Waals surface area contributed by atoms with Crippen LogP contribution in [0.1, 0.15) is 11.5 Å². The third-order valence-electron chi connectivity index (χ3n) is 2.09. The molecule has 0 aliphatic heterocycles. The summed E-state index contributed by atoms with van der Waals surface area (Å²) in [6.45, 7) is 1.92.